The molecule has 2 aromatic rings. The molecule has 2 aliphatic heterocycles. The van der Waals surface area contributed by atoms with Crippen LogP contribution in [-0.2, 0) is 9.47 Å². The average molecular weight is 487 g/mol. The van der Waals surface area contributed by atoms with Crippen molar-refractivity contribution in [2.24, 2.45) is 0 Å². The molecule has 1 N–H and O–H groups in total. The number of rotatable bonds is 9. The summed E-state index contributed by atoms with van der Waals surface area (Å²) in [5.41, 5.74) is 2.70. The van der Waals surface area contributed by atoms with Crippen LogP contribution in [0.25, 0.3) is 0 Å². The number of nitrogens with zero attached hydrogens (tertiary/aromatic N) is 1. The average Bonchev–Trinajstić information content (AvgIpc) is 2.82. The van der Waals surface area contributed by atoms with Gasteiger partial charge in [-0.25, -0.2) is 0 Å². The van der Waals surface area contributed by atoms with Crippen molar-refractivity contribution in [3.8, 4) is 0 Å². The molecule has 4 rings (SSSR count). The van der Waals surface area contributed by atoms with Crippen LogP contribution in [0.5, 0.6) is 0 Å². The molecule has 2 aromatic carbocycles. The molecule has 2 fully saturated rings. The summed E-state index contributed by atoms with van der Waals surface area (Å²) in [6, 6.07) is 21.8. The van der Waals surface area contributed by atoms with Gasteiger partial charge in [0.15, 0.2) is 0 Å². The number of nitrogens with one attached hydrogen (secondary N) is 1. The Morgan fingerprint density at radius 1 is 0.794 bits per heavy atom. The number of benzene rings is 2. The van der Waals surface area contributed by atoms with Crippen LogP contribution in [0.3, 0.4) is 0 Å². The molecule has 0 amide bonds. The van der Waals surface area contributed by atoms with E-state index in [1.54, 1.807) is 0 Å². The first kappa shape index (κ1) is 30.1. The van der Waals surface area contributed by atoms with E-state index >= 15 is 0 Å². The van der Waals surface area contributed by atoms with Crippen LogP contribution in [0.15, 0.2) is 85.0 Å². The smallest absolute Gasteiger partial charge is 0.0833 e. The summed E-state index contributed by atoms with van der Waals surface area (Å²) in [6.45, 7) is 13.5. The number of allylic oxidation sites excluding steroid dienone is 2. The van der Waals surface area contributed by atoms with Crippen LogP contribution in [0.2, 0.25) is 0 Å². The van der Waals surface area contributed by atoms with Crippen LogP contribution in [0.1, 0.15) is 44.9 Å². The van der Waals surface area contributed by atoms with Crippen LogP contribution in [-0.4, -0.2) is 56.5 Å². The van der Waals surface area contributed by atoms with E-state index in [2.05, 4.69) is 77.0 Å². The summed E-state index contributed by atoms with van der Waals surface area (Å²) < 4.78 is 11.2. The van der Waals surface area contributed by atoms with Gasteiger partial charge in [-0.3, -0.25) is 4.90 Å². The highest BCUT2D eigenvalue weighted by molar-refractivity contribution is 5.85. The van der Waals surface area contributed by atoms with Gasteiger partial charge in [-0.05, 0) is 25.0 Å². The zero-order valence-electron chi connectivity index (χ0n) is 21.2. The lowest BCUT2D eigenvalue weighted by atomic mass is 9.94. The zero-order chi connectivity index (χ0) is 23.7. The lowest BCUT2D eigenvalue weighted by Gasteiger charge is -2.44. The minimum Gasteiger partial charge on any atom is -0.372 e. The maximum Gasteiger partial charge on any atom is 0.0833 e. The third kappa shape index (κ3) is 10.1. The van der Waals surface area contributed by atoms with Crippen molar-refractivity contribution < 1.29 is 9.47 Å². The summed E-state index contributed by atoms with van der Waals surface area (Å²) in [4.78, 5) is 2.49. The second kappa shape index (κ2) is 18.4. The molecule has 0 aromatic heterocycles. The molecular formula is C29H43ClN2O2. The van der Waals surface area contributed by atoms with Crippen molar-refractivity contribution in [2.75, 3.05) is 39.4 Å². The largest absolute Gasteiger partial charge is 0.372 e. The molecule has 5 heteroatoms. The van der Waals surface area contributed by atoms with E-state index in [0.717, 1.165) is 39.4 Å². The summed E-state index contributed by atoms with van der Waals surface area (Å²) >= 11 is 0. The quantitative estimate of drug-likeness (QED) is 0.437. The Morgan fingerprint density at radius 3 is 1.62 bits per heavy atom. The van der Waals surface area contributed by atoms with Crippen LogP contribution >= 0.6 is 12.4 Å². The predicted molar refractivity (Wildman–Crippen MR) is 147 cm³/mol. The summed E-state index contributed by atoms with van der Waals surface area (Å²) in [5.74, 6) is 0. The fraction of sp³-hybridized carbons (Fsp3) is 0.448. The van der Waals surface area contributed by atoms with Crippen molar-refractivity contribution >= 4 is 12.4 Å². The van der Waals surface area contributed by atoms with E-state index < -0.39 is 0 Å². The van der Waals surface area contributed by atoms with Gasteiger partial charge < -0.3 is 14.8 Å². The van der Waals surface area contributed by atoms with Gasteiger partial charge in [0.2, 0.25) is 0 Å². The first-order valence-corrected chi connectivity index (χ1v) is 12.3. The van der Waals surface area contributed by atoms with Gasteiger partial charge >= 0.3 is 0 Å². The lowest BCUT2D eigenvalue weighted by molar-refractivity contribution is -0.0569. The van der Waals surface area contributed by atoms with Crippen LogP contribution < -0.4 is 5.32 Å². The summed E-state index contributed by atoms with van der Waals surface area (Å²) in [6.07, 6.45) is 8.96. The number of ether oxygens (including phenoxy) is 2. The molecule has 0 spiro atoms. The minimum absolute atomic E-state index is 0. The molecule has 0 saturated carbocycles. The number of halogens is 1. The van der Waals surface area contributed by atoms with E-state index in [0.29, 0.717) is 18.2 Å². The third-order valence-corrected chi connectivity index (χ3v) is 5.54. The van der Waals surface area contributed by atoms with Crippen molar-refractivity contribution in [2.45, 2.75) is 45.9 Å². The van der Waals surface area contributed by atoms with Gasteiger partial charge in [0.05, 0.1) is 31.5 Å². The lowest BCUT2D eigenvalue weighted by Crippen LogP contribution is -2.53. The molecule has 2 aliphatic rings. The molecule has 0 radical (unpaired) electrons. The summed E-state index contributed by atoms with van der Waals surface area (Å²) in [7, 11) is 0. The van der Waals surface area contributed by atoms with Crippen LogP contribution in [0.4, 0.5) is 0 Å². The first-order chi connectivity index (χ1) is 16.3. The second-order valence-electron chi connectivity index (χ2n) is 7.88. The van der Waals surface area contributed by atoms with Gasteiger partial charge in [-0.1, -0.05) is 98.8 Å². The highest BCUT2D eigenvalue weighted by atomic mass is 35.5. The van der Waals surface area contributed by atoms with Gasteiger partial charge in [0.1, 0.15) is 0 Å². The zero-order valence-corrected chi connectivity index (χ0v) is 22.0. The first-order valence-electron chi connectivity index (χ1n) is 12.3. The van der Waals surface area contributed by atoms with Gasteiger partial charge in [0.25, 0.3) is 0 Å². The fourth-order valence-corrected chi connectivity index (χ4v) is 3.63. The van der Waals surface area contributed by atoms with Crippen molar-refractivity contribution in [3.63, 3.8) is 0 Å². The normalized spacial score (nSPS) is 16.1. The SMILES string of the molecule is CC.CC=CCOC1CN(C(c2ccccc2)c2ccccc2)C1.CC=CCOC1CNC1.Cl. The molecule has 34 heavy (non-hydrogen) atoms. The Kier molecular flexibility index (Phi) is 16.3. The Hall–Kier alpha value is -1.95. The number of hydrogen-bond acceptors (Lipinski definition) is 4. The van der Waals surface area contributed by atoms with E-state index in [9.17, 15) is 0 Å². The monoisotopic (exact) mass is 486 g/mol. The van der Waals surface area contributed by atoms with Gasteiger partial charge in [-0.2, -0.15) is 0 Å². The van der Waals surface area contributed by atoms with Crippen molar-refractivity contribution in [3.05, 3.63) is 96.1 Å². The molecule has 4 nitrogen and oxygen atoms in total. The molecule has 2 saturated heterocycles. The predicted octanol–water partition coefficient (Wildman–Crippen LogP) is 6.05. The van der Waals surface area contributed by atoms with E-state index in [1.165, 1.54) is 11.1 Å². The molecule has 188 valence electrons. The number of hydrogen-bond donors (Lipinski definition) is 1. The Balaban J connectivity index is 0.000000407. The Morgan fingerprint density at radius 2 is 1.24 bits per heavy atom. The Bertz CT molecular complexity index is 749. The molecule has 0 unspecified atom stereocenters. The van der Waals surface area contributed by atoms with Crippen molar-refractivity contribution in [1.82, 2.24) is 10.2 Å². The molecule has 0 bridgehead atoms. The minimum atomic E-state index is 0. The highest BCUT2D eigenvalue weighted by Gasteiger charge is 2.34. The highest BCUT2D eigenvalue weighted by Crippen LogP contribution is 2.32. The van der Waals surface area contributed by atoms with Gasteiger partial charge in [-0.15, -0.1) is 12.4 Å². The number of likely N-dealkylation sites (tertiary alicyclic amines) is 1. The van der Waals surface area contributed by atoms with E-state index in [1.807, 2.05) is 45.9 Å². The third-order valence-electron chi connectivity index (χ3n) is 5.54. The van der Waals surface area contributed by atoms with E-state index in [4.69, 9.17) is 9.47 Å². The molecule has 0 atom stereocenters. The Labute approximate surface area is 213 Å². The standard InChI is InChI=1S/C20H23NO.C7H13NO.C2H6.ClH/c1-2-3-14-22-19-15-21(16-19)20(17-10-6-4-7-11-17)18-12-8-5-9-13-18;1-2-3-4-9-7-5-8-6-7;1-2;/h2-13,19-20H,14-16H2,1H3;2-3,7-8H,4-6H2,1H3;1-2H3;1H. The topological polar surface area (TPSA) is 33.7 Å². The summed E-state index contributed by atoms with van der Waals surface area (Å²) in [5, 5.41) is 3.14. The molecule has 2 heterocycles. The molecule has 0 aliphatic carbocycles. The van der Waals surface area contributed by atoms with Gasteiger partial charge in [0, 0.05) is 26.2 Å². The fourth-order valence-electron chi connectivity index (χ4n) is 3.63. The van der Waals surface area contributed by atoms with E-state index in [-0.39, 0.29) is 12.4 Å². The van der Waals surface area contributed by atoms with Crippen molar-refractivity contribution in [1.29, 1.82) is 0 Å². The maximum atomic E-state index is 5.84. The second-order valence-corrected chi connectivity index (χ2v) is 7.88. The maximum absolute atomic E-state index is 5.84. The van der Waals surface area contributed by atoms with Crippen LogP contribution in [0, 0.1) is 0 Å². The molecular weight excluding hydrogens is 444 g/mol.